The number of hydrogen-bond donors (Lipinski definition) is 0. The molecule has 0 aromatic heterocycles. The zero-order valence-corrected chi connectivity index (χ0v) is 15.6. The van der Waals surface area contributed by atoms with E-state index in [1.165, 1.54) is 0 Å². The van der Waals surface area contributed by atoms with Gasteiger partial charge < -0.3 is 14.2 Å². The van der Waals surface area contributed by atoms with Gasteiger partial charge in [0, 0.05) is 12.0 Å². The fourth-order valence-electron chi connectivity index (χ4n) is 2.47. The van der Waals surface area contributed by atoms with E-state index >= 15 is 0 Å². The molecule has 128 valence electrons. The average Bonchev–Trinajstić information content (AvgIpc) is 2.32. The van der Waals surface area contributed by atoms with E-state index in [9.17, 15) is 0 Å². The maximum Gasteiger partial charge on any atom is 0.0548 e. The highest BCUT2D eigenvalue weighted by molar-refractivity contribution is 4.81. The molecule has 0 saturated heterocycles. The van der Waals surface area contributed by atoms with Crippen LogP contribution in [0.2, 0.25) is 0 Å². The zero-order chi connectivity index (χ0) is 16.5. The van der Waals surface area contributed by atoms with Gasteiger partial charge in [-0.25, -0.2) is 0 Å². The van der Waals surface area contributed by atoms with Gasteiger partial charge in [0.05, 0.1) is 31.5 Å². The third-order valence-corrected chi connectivity index (χ3v) is 3.37. The van der Waals surface area contributed by atoms with Gasteiger partial charge in [-0.2, -0.15) is 0 Å². The second-order valence-corrected chi connectivity index (χ2v) is 7.49. The Morgan fingerprint density at radius 1 is 0.667 bits per heavy atom. The molecule has 0 aromatic carbocycles. The van der Waals surface area contributed by atoms with Crippen LogP contribution in [0.25, 0.3) is 0 Å². The maximum atomic E-state index is 5.96. The second-order valence-electron chi connectivity index (χ2n) is 7.49. The Hall–Kier alpha value is -0.120. The van der Waals surface area contributed by atoms with Gasteiger partial charge in [-0.1, -0.05) is 13.8 Å². The molecule has 0 fully saturated rings. The van der Waals surface area contributed by atoms with Crippen molar-refractivity contribution < 1.29 is 14.2 Å². The van der Waals surface area contributed by atoms with E-state index in [0.717, 1.165) is 32.7 Å². The van der Waals surface area contributed by atoms with Crippen molar-refractivity contribution in [2.75, 3.05) is 19.8 Å². The third-order valence-electron chi connectivity index (χ3n) is 3.37. The fourth-order valence-corrected chi connectivity index (χ4v) is 2.47. The van der Waals surface area contributed by atoms with Crippen LogP contribution in [0.1, 0.15) is 68.2 Å². The molecular formula is C18H38O3. The van der Waals surface area contributed by atoms with Gasteiger partial charge in [0.2, 0.25) is 0 Å². The Labute approximate surface area is 132 Å². The molecule has 0 spiro atoms. The molecule has 0 bridgehead atoms. The van der Waals surface area contributed by atoms with Gasteiger partial charge in [0.1, 0.15) is 0 Å². The molecule has 3 nitrogen and oxygen atoms in total. The molecule has 0 heterocycles. The molecule has 0 saturated carbocycles. The molecule has 0 aromatic rings. The van der Waals surface area contributed by atoms with E-state index in [1.807, 2.05) is 0 Å². The summed E-state index contributed by atoms with van der Waals surface area (Å²) in [6, 6.07) is 0. The van der Waals surface area contributed by atoms with Crippen molar-refractivity contribution >= 4 is 0 Å². The van der Waals surface area contributed by atoms with Crippen molar-refractivity contribution in [3.63, 3.8) is 0 Å². The van der Waals surface area contributed by atoms with Crippen LogP contribution in [0.5, 0.6) is 0 Å². The highest BCUT2D eigenvalue weighted by Gasteiger charge is 2.32. The van der Waals surface area contributed by atoms with Gasteiger partial charge in [-0.05, 0) is 60.3 Å². The first-order valence-corrected chi connectivity index (χ1v) is 8.51. The molecule has 0 aliphatic rings. The quantitative estimate of drug-likeness (QED) is 0.523. The average molecular weight is 302 g/mol. The number of hydrogen-bond acceptors (Lipinski definition) is 3. The van der Waals surface area contributed by atoms with Gasteiger partial charge >= 0.3 is 0 Å². The first-order chi connectivity index (χ1) is 9.67. The minimum atomic E-state index is 0.0532. The van der Waals surface area contributed by atoms with Crippen molar-refractivity contribution in [2.45, 2.75) is 86.5 Å². The lowest BCUT2D eigenvalue weighted by molar-refractivity contribution is -0.0805. The molecule has 21 heavy (non-hydrogen) atoms. The van der Waals surface area contributed by atoms with E-state index in [2.05, 4.69) is 55.4 Å². The van der Waals surface area contributed by atoms with Gasteiger partial charge in [-0.15, -0.1) is 0 Å². The van der Waals surface area contributed by atoms with Gasteiger partial charge in [-0.3, -0.25) is 0 Å². The van der Waals surface area contributed by atoms with Crippen LogP contribution >= 0.6 is 0 Å². The van der Waals surface area contributed by atoms with Crippen LogP contribution in [0, 0.1) is 11.3 Å². The summed E-state index contributed by atoms with van der Waals surface area (Å²) in [5.41, 5.74) is 0.0532. The molecule has 0 amide bonds. The van der Waals surface area contributed by atoms with Crippen LogP contribution in [-0.2, 0) is 14.2 Å². The lowest BCUT2D eigenvalue weighted by Crippen LogP contribution is -2.37. The highest BCUT2D eigenvalue weighted by atomic mass is 16.5. The third kappa shape index (κ3) is 11.1. The zero-order valence-electron chi connectivity index (χ0n) is 15.6. The van der Waals surface area contributed by atoms with E-state index in [0.29, 0.717) is 5.92 Å². The molecule has 0 atom stereocenters. The Kier molecular flexibility index (Phi) is 10.5. The second kappa shape index (κ2) is 10.6. The summed E-state index contributed by atoms with van der Waals surface area (Å²) in [5.74, 6) is 0.621. The molecule has 0 radical (unpaired) electrons. The lowest BCUT2D eigenvalue weighted by Gasteiger charge is -2.36. The molecule has 0 aliphatic heterocycles. The van der Waals surface area contributed by atoms with Crippen molar-refractivity contribution in [1.82, 2.24) is 0 Å². The Bertz CT molecular complexity index is 235. The van der Waals surface area contributed by atoms with Gasteiger partial charge in [0.25, 0.3) is 0 Å². The molecular weight excluding hydrogens is 264 g/mol. The smallest absolute Gasteiger partial charge is 0.0548 e. The summed E-state index contributed by atoms with van der Waals surface area (Å²) < 4.78 is 17.7. The van der Waals surface area contributed by atoms with E-state index in [1.54, 1.807) is 0 Å². The minimum Gasteiger partial charge on any atom is -0.379 e. The lowest BCUT2D eigenvalue weighted by atomic mass is 9.78. The predicted molar refractivity (Wildman–Crippen MR) is 89.8 cm³/mol. The predicted octanol–water partition coefficient (Wildman–Crippen LogP) is 4.68. The van der Waals surface area contributed by atoms with Crippen LogP contribution in [0.3, 0.4) is 0 Å². The Balaban J connectivity index is 4.80. The van der Waals surface area contributed by atoms with Crippen molar-refractivity contribution in [3.05, 3.63) is 0 Å². The van der Waals surface area contributed by atoms with Crippen molar-refractivity contribution in [2.24, 2.45) is 11.3 Å². The maximum absolute atomic E-state index is 5.96. The Morgan fingerprint density at radius 3 is 1.43 bits per heavy atom. The van der Waals surface area contributed by atoms with Crippen LogP contribution < -0.4 is 0 Å². The topological polar surface area (TPSA) is 27.7 Å². The Morgan fingerprint density at radius 2 is 1.10 bits per heavy atom. The minimum absolute atomic E-state index is 0.0532. The monoisotopic (exact) mass is 302 g/mol. The fraction of sp³-hybridized carbons (Fsp3) is 1.00. The van der Waals surface area contributed by atoms with Crippen molar-refractivity contribution in [1.29, 1.82) is 0 Å². The first-order valence-electron chi connectivity index (χ1n) is 8.51. The van der Waals surface area contributed by atoms with Crippen LogP contribution in [0.4, 0.5) is 0 Å². The van der Waals surface area contributed by atoms with E-state index in [4.69, 9.17) is 14.2 Å². The van der Waals surface area contributed by atoms with Crippen molar-refractivity contribution in [3.8, 4) is 0 Å². The van der Waals surface area contributed by atoms with E-state index in [-0.39, 0.29) is 23.7 Å². The summed E-state index contributed by atoms with van der Waals surface area (Å²) in [6.45, 7) is 19.3. The molecule has 3 heteroatoms. The summed E-state index contributed by atoms with van der Waals surface area (Å²) in [5, 5.41) is 0. The van der Waals surface area contributed by atoms with Crippen LogP contribution in [0.15, 0.2) is 0 Å². The van der Waals surface area contributed by atoms with Gasteiger partial charge in [0.15, 0.2) is 0 Å². The molecule has 0 unspecified atom stereocenters. The SMILES string of the molecule is CC(C)CC(CCOC(C)C)(COC(C)C)COC(C)C. The number of rotatable bonds is 12. The first kappa shape index (κ1) is 20.9. The summed E-state index contributed by atoms with van der Waals surface area (Å²) in [4.78, 5) is 0. The summed E-state index contributed by atoms with van der Waals surface area (Å²) >= 11 is 0. The standard InChI is InChI=1S/C18H38O3/c1-14(2)11-18(12-20-16(5)6,13-21-17(7)8)9-10-19-15(3)4/h14-17H,9-13H2,1-8H3. The molecule has 0 aliphatic carbocycles. The summed E-state index contributed by atoms with van der Waals surface area (Å²) in [6.07, 6.45) is 2.87. The number of ether oxygens (including phenoxy) is 3. The molecule has 0 N–H and O–H groups in total. The normalized spacial score (nSPS) is 13.1. The highest BCUT2D eigenvalue weighted by Crippen LogP contribution is 2.32. The van der Waals surface area contributed by atoms with Crippen LogP contribution in [-0.4, -0.2) is 38.1 Å². The van der Waals surface area contributed by atoms with E-state index < -0.39 is 0 Å². The molecule has 0 rings (SSSR count). The largest absolute Gasteiger partial charge is 0.379 e. The summed E-state index contributed by atoms with van der Waals surface area (Å²) in [7, 11) is 0.